The number of sulfone groups is 1. The van der Waals surface area contributed by atoms with Crippen molar-refractivity contribution in [2.24, 2.45) is 5.92 Å². The second-order valence-corrected chi connectivity index (χ2v) is 10.7. The van der Waals surface area contributed by atoms with Crippen molar-refractivity contribution < 1.29 is 17.9 Å². The molecule has 132 valence electrons. The van der Waals surface area contributed by atoms with Gasteiger partial charge < -0.3 is 9.64 Å². The van der Waals surface area contributed by atoms with Crippen molar-refractivity contribution in [2.75, 3.05) is 32.1 Å². The molecular weight excluding hydrogens is 346 g/mol. The Bertz CT molecular complexity index is 740. The van der Waals surface area contributed by atoms with E-state index in [1.165, 1.54) is 16.9 Å². The molecule has 1 aromatic heterocycles. The van der Waals surface area contributed by atoms with E-state index in [0.29, 0.717) is 32.7 Å². The van der Waals surface area contributed by atoms with Crippen molar-refractivity contribution in [1.29, 1.82) is 0 Å². The molecule has 3 aliphatic rings. The van der Waals surface area contributed by atoms with E-state index < -0.39 is 14.6 Å². The van der Waals surface area contributed by atoms with E-state index in [1.807, 2.05) is 13.0 Å². The van der Waals surface area contributed by atoms with Gasteiger partial charge in [0.2, 0.25) is 0 Å². The van der Waals surface area contributed by atoms with Gasteiger partial charge in [0.1, 0.15) is 4.75 Å². The maximum absolute atomic E-state index is 12.7. The quantitative estimate of drug-likeness (QED) is 0.813. The molecule has 1 aliphatic carbocycles. The Morgan fingerprint density at radius 3 is 2.92 bits per heavy atom. The summed E-state index contributed by atoms with van der Waals surface area (Å²) in [6.45, 7) is 3.65. The van der Waals surface area contributed by atoms with Crippen LogP contribution in [0, 0.1) is 5.92 Å². The molecule has 2 saturated heterocycles. The number of thiophene rings is 1. The first-order valence-corrected chi connectivity index (χ1v) is 11.1. The number of hydrogen-bond acceptors (Lipinski definition) is 5. The van der Waals surface area contributed by atoms with Crippen LogP contribution in [0.2, 0.25) is 0 Å². The summed E-state index contributed by atoms with van der Waals surface area (Å²) in [5.41, 5.74) is 1.31. The molecule has 7 heteroatoms. The average Bonchev–Trinajstić information content (AvgIpc) is 3.14. The van der Waals surface area contributed by atoms with Gasteiger partial charge in [-0.05, 0) is 44.2 Å². The molecule has 0 N–H and O–H groups in total. The van der Waals surface area contributed by atoms with Crippen LogP contribution in [-0.4, -0.2) is 56.0 Å². The fourth-order valence-electron chi connectivity index (χ4n) is 4.30. The van der Waals surface area contributed by atoms with Crippen molar-refractivity contribution in [3.63, 3.8) is 0 Å². The number of amides is 1. The highest BCUT2D eigenvalue weighted by Crippen LogP contribution is 2.45. The number of likely N-dealkylation sites (tertiary alicyclic amines) is 1. The molecule has 2 aliphatic heterocycles. The molecule has 1 amide bonds. The number of fused-ring (bicyclic) bond motifs is 1. The van der Waals surface area contributed by atoms with E-state index >= 15 is 0 Å². The van der Waals surface area contributed by atoms with Crippen LogP contribution in [-0.2, 0) is 27.4 Å². The third-order valence-corrected chi connectivity index (χ3v) is 9.61. The zero-order chi connectivity index (χ0) is 16.9. The van der Waals surface area contributed by atoms with Gasteiger partial charge in [0.15, 0.2) is 9.84 Å². The third kappa shape index (κ3) is 2.35. The van der Waals surface area contributed by atoms with E-state index in [2.05, 4.69) is 0 Å². The molecule has 0 unspecified atom stereocenters. The molecule has 5 nitrogen and oxygen atoms in total. The predicted molar refractivity (Wildman–Crippen MR) is 93.4 cm³/mol. The summed E-state index contributed by atoms with van der Waals surface area (Å²) in [6, 6.07) is 2.02. The van der Waals surface area contributed by atoms with Gasteiger partial charge >= 0.3 is 0 Å². The van der Waals surface area contributed by atoms with E-state index in [-0.39, 0.29) is 17.6 Å². The highest BCUT2D eigenvalue weighted by atomic mass is 32.2. The van der Waals surface area contributed by atoms with E-state index in [0.717, 1.165) is 17.7 Å². The Morgan fingerprint density at radius 1 is 1.42 bits per heavy atom. The van der Waals surface area contributed by atoms with Crippen molar-refractivity contribution >= 4 is 27.1 Å². The van der Waals surface area contributed by atoms with Crippen LogP contribution >= 0.6 is 11.3 Å². The Balaban J connectivity index is 1.49. The minimum atomic E-state index is -3.15. The van der Waals surface area contributed by atoms with Crippen molar-refractivity contribution in [1.82, 2.24) is 4.90 Å². The van der Waals surface area contributed by atoms with Crippen molar-refractivity contribution in [2.45, 2.75) is 37.4 Å². The molecule has 0 aromatic carbocycles. The first kappa shape index (κ1) is 16.5. The largest absolute Gasteiger partial charge is 0.381 e. The summed E-state index contributed by atoms with van der Waals surface area (Å²) in [5.74, 6) is 0.234. The van der Waals surface area contributed by atoms with Crippen LogP contribution in [0.4, 0.5) is 0 Å². The second-order valence-electron chi connectivity index (χ2n) is 7.10. The first-order chi connectivity index (χ1) is 11.5. The van der Waals surface area contributed by atoms with Crippen molar-refractivity contribution in [3.8, 4) is 0 Å². The van der Waals surface area contributed by atoms with Crippen LogP contribution in [0.1, 0.15) is 39.9 Å². The molecule has 2 fully saturated rings. The van der Waals surface area contributed by atoms with Crippen LogP contribution in [0.3, 0.4) is 0 Å². The Hall–Kier alpha value is -0.920. The second kappa shape index (κ2) is 5.81. The molecule has 4 rings (SSSR count). The third-order valence-electron chi connectivity index (χ3n) is 5.78. The maximum Gasteiger partial charge on any atom is 0.264 e. The molecule has 0 bridgehead atoms. The van der Waals surface area contributed by atoms with Gasteiger partial charge in [0.05, 0.1) is 17.2 Å². The van der Waals surface area contributed by atoms with E-state index in [9.17, 15) is 13.2 Å². The van der Waals surface area contributed by atoms with Crippen LogP contribution < -0.4 is 0 Å². The molecule has 24 heavy (non-hydrogen) atoms. The van der Waals surface area contributed by atoms with Gasteiger partial charge in [-0.1, -0.05) is 0 Å². The smallest absolute Gasteiger partial charge is 0.264 e. The van der Waals surface area contributed by atoms with Crippen LogP contribution in [0.15, 0.2) is 6.07 Å². The summed E-state index contributed by atoms with van der Waals surface area (Å²) < 4.78 is 29.9. The Kier molecular flexibility index (Phi) is 4.01. The summed E-state index contributed by atoms with van der Waals surface area (Å²) in [4.78, 5) is 16.5. The highest BCUT2D eigenvalue weighted by Gasteiger charge is 2.62. The van der Waals surface area contributed by atoms with Gasteiger partial charge in [-0.3, -0.25) is 4.79 Å². The lowest BCUT2D eigenvalue weighted by Crippen LogP contribution is -2.68. The normalized spacial score (nSPS) is 26.5. The number of hydrogen-bond donors (Lipinski definition) is 0. The molecule has 0 saturated carbocycles. The standard InChI is InChI=1S/C17H23NO4S2/c1-2-22-9-13-6-7-24(20,21)17(13)10-18(11-17)16(19)15-8-12-4-3-5-14(12)23-15/h8,13H,2-7,9-11H2,1H3/t13-/m1/s1. The topological polar surface area (TPSA) is 63.7 Å². The number of rotatable bonds is 4. The maximum atomic E-state index is 12.7. The van der Waals surface area contributed by atoms with Gasteiger partial charge in [0, 0.05) is 30.5 Å². The van der Waals surface area contributed by atoms with Crippen LogP contribution in [0.5, 0.6) is 0 Å². The lowest BCUT2D eigenvalue weighted by atomic mass is 9.83. The lowest BCUT2D eigenvalue weighted by molar-refractivity contribution is 0.0274. The molecule has 1 atom stereocenters. The Morgan fingerprint density at radius 2 is 2.21 bits per heavy atom. The fourth-order valence-corrected chi connectivity index (χ4v) is 7.92. The van der Waals surface area contributed by atoms with Crippen LogP contribution in [0.25, 0.3) is 0 Å². The zero-order valence-electron chi connectivity index (χ0n) is 13.9. The molecule has 0 radical (unpaired) electrons. The molecule has 1 spiro atoms. The number of carbonyl (C=O) groups is 1. The first-order valence-electron chi connectivity index (χ1n) is 8.68. The molecular formula is C17H23NO4S2. The molecule has 3 heterocycles. The monoisotopic (exact) mass is 369 g/mol. The number of ether oxygens (including phenoxy) is 1. The molecule has 1 aromatic rings. The average molecular weight is 370 g/mol. The lowest BCUT2D eigenvalue weighted by Gasteiger charge is -2.49. The minimum absolute atomic E-state index is 0.00251. The number of nitrogens with zero attached hydrogens (tertiary/aromatic N) is 1. The predicted octanol–water partition coefficient (Wildman–Crippen LogP) is 1.90. The van der Waals surface area contributed by atoms with Crippen molar-refractivity contribution in [3.05, 3.63) is 21.4 Å². The Labute approximate surface area is 146 Å². The highest BCUT2D eigenvalue weighted by molar-refractivity contribution is 7.93. The summed E-state index contributed by atoms with van der Waals surface area (Å²) in [5, 5.41) is 0. The van der Waals surface area contributed by atoms with Gasteiger partial charge in [0.25, 0.3) is 5.91 Å². The van der Waals surface area contributed by atoms with E-state index in [4.69, 9.17) is 4.74 Å². The van der Waals surface area contributed by atoms with E-state index in [1.54, 1.807) is 16.2 Å². The fraction of sp³-hybridized carbons (Fsp3) is 0.706. The van der Waals surface area contributed by atoms with Gasteiger partial charge in [-0.15, -0.1) is 11.3 Å². The summed E-state index contributed by atoms with van der Waals surface area (Å²) >= 11 is 1.59. The van der Waals surface area contributed by atoms with Gasteiger partial charge in [-0.25, -0.2) is 8.42 Å². The summed E-state index contributed by atoms with van der Waals surface area (Å²) in [6.07, 6.45) is 3.97. The van der Waals surface area contributed by atoms with Gasteiger partial charge in [-0.2, -0.15) is 0 Å². The SMILES string of the molecule is CCOC[C@H]1CCS(=O)(=O)C12CN(C(=O)c1cc3c(s1)CCC3)C2. The zero-order valence-corrected chi connectivity index (χ0v) is 15.5. The number of carbonyl (C=O) groups excluding carboxylic acids is 1. The summed E-state index contributed by atoms with van der Waals surface area (Å²) in [7, 11) is -3.15. The minimum Gasteiger partial charge on any atom is -0.381 e. The number of aryl methyl sites for hydroxylation is 2.